The monoisotopic (exact) mass is 659 g/mol. The molecule has 11 heteroatoms. The lowest BCUT2D eigenvalue weighted by atomic mass is 10.1. The van der Waals surface area contributed by atoms with Crippen LogP contribution in [0.2, 0.25) is 0 Å². The van der Waals surface area contributed by atoms with Crippen molar-refractivity contribution in [2.24, 2.45) is 0 Å². The van der Waals surface area contributed by atoms with Gasteiger partial charge in [0.1, 0.15) is 34.5 Å². The van der Waals surface area contributed by atoms with Crippen molar-refractivity contribution >= 4 is 61.5 Å². The van der Waals surface area contributed by atoms with Crippen molar-refractivity contribution in [2.45, 2.75) is 0 Å². The molecule has 0 N–H and O–H groups in total. The van der Waals surface area contributed by atoms with Gasteiger partial charge in [0.05, 0.1) is 50.5 Å². The summed E-state index contributed by atoms with van der Waals surface area (Å²) in [4.78, 5) is 29.7. The zero-order valence-corrected chi connectivity index (χ0v) is 27.8. The topological polar surface area (TPSA) is 103 Å². The molecule has 0 aliphatic carbocycles. The molecule has 5 aromatic carbocycles. The molecule has 7 rings (SSSR count). The zero-order valence-electron chi connectivity index (χ0n) is 27.8. The maximum absolute atomic E-state index is 13.9. The third-order valence-electron chi connectivity index (χ3n) is 8.52. The van der Waals surface area contributed by atoms with Gasteiger partial charge in [-0.05, 0) is 72.8 Å². The summed E-state index contributed by atoms with van der Waals surface area (Å²) in [6, 6.07) is 26.8. The zero-order chi connectivity index (χ0) is 34.4. The molecular weight excluding hydrogens is 626 g/mol. The van der Waals surface area contributed by atoms with Gasteiger partial charge in [-0.1, -0.05) is 0 Å². The number of hydrogen-bond donors (Lipinski definition) is 0. The van der Waals surface area contributed by atoms with Crippen LogP contribution in [0.15, 0.2) is 91.0 Å². The Labute approximate surface area is 281 Å². The number of carbonyl (C=O) groups excluding carboxylic acids is 2. The van der Waals surface area contributed by atoms with E-state index in [1.165, 1.54) is 15.2 Å². The number of anilines is 1. The number of rotatable bonds is 7. The summed E-state index contributed by atoms with van der Waals surface area (Å²) in [6.45, 7) is 0. The predicted octanol–water partition coefficient (Wildman–Crippen LogP) is 8.10. The molecule has 7 aromatic rings. The summed E-state index contributed by atoms with van der Waals surface area (Å²) >= 11 is 0. The molecule has 11 nitrogen and oxygen atoms in total. The molecule has 0 fully saturated rings. The largest absolute Gasteiger partial charge is 0.497 e. The molecule has 0 radical (unpaired) electrons. The quantitative estimate of drug-likeness (QED) is 0.168. The molecule has 0 bridgehead atoms. The second-order valence-corrected chi connectivity index (χ2v) is 11.5. The molecule has 0 atom stereocenters. The average molecular weight is 660 g/mol. The lowest BCUT2D eigenvalue weighted by Gasteiger charge is -2.17. The van der Waals surface area contributed by atoms with Gasteiger partial charge < -0.3 is 33.3 Å². The molecule has 2 heterocycles. The minimum atomic E-state index is -0.645. The van der Waals surface area contributed by atoms with E-state index in [2.05, 4.69) is 0 Å². The number of methoxy groups -OCH3 is 4. The van der Waals surface area contributed by atoms with Crippen molar-refractivity contribution in [1.82, 2.24) is 9.13 Å². The highest BCUT2D eigenvalue weighted by Crippen LogP contribution is 2.37. The fraction of sp³-hybridized carbons (Fsp3) is 0.158. The normalized spacial score (nSPS) is 11.2. The van der Waals surface area contributed by atoms with Crippen LogP contribution < -0.4 is 33.3 Å². The van der Waals surface area contributed by atoms with E-state index in [1.54, 1.807) is 64.8 Å². The van der Waals surface area contributed by atoms with E-state index in [0.717, 1.165) is 21.5 Å². The fourth-order valence-corrected chi connectivity index (χ4v) is 6.09. The van der Waals surface area contributed by atoms with E-state index in [-0.39, 0.29) is 11.5 Å². The van der Waals surface area contributed by atoms with Gasteiger partial charge in [0, 0.05) is 59.5 Å². The van der Waals surface area contributed by atoms with Gasteiger partial charge in [0.2, 0.25) is 0 Å². The fourth-order valence-electron chi connectivity index (χ4n) is 6.09. The number of fused-ring (bicyclic) bond motifs is 6. The smallest absolute Gasteiger partial charge is 0.424 e. The molecule has 0 saturated heterocycles. The summed E-state index contributed by atoms with van der Waals surface area (Å²) in [7, 11) is 10.0. The van der Waals surface area contributed by atoms with Crippen LogP contribution in [-0.4, -0.2) is 63.9 Å². The Morgan fingerprint density at radius 2 is 0.755 bits per heavy atom. The number of nitrogens with zero attached hydrogens (tertiary/aromatic N) is 3. The lowest BCUT2D eigenvalue weighted by molar-refractivity contribution is 0.202. The molecule has 248 valence electrons. The van der Waals surface area contributed by atoms with Crippen LogP contribution in [0.25, 0.3) is 43.6 Å². The number of hydrogen-bond acceptors (Lipinski definition) is 9. The number of benzene rings is 5. The van der Waals surface area contributed by atoms with Crippen LogP contribution in [0.4, 0.5) is 15.3 Å². The SMILES string of the molecule is COc1ccc2c(c1)c1cc(OC)ccc1n2C(=O)Oc1cc(OC(=O)n2c3ccc(OC)cc3c3cc(OC)ccc32)cc(N(C)C)c1. The molecule has 0 saturated carbocycles. The van der Waals surface area contributed by atoms with E-state index < -0.39 is 12.2 Å². The summed E-state index contributed by atoms with van der Waals surface area (Å²) in [5.74, 6) is 2.97. The molecule has 0 spiro atoms. The van der Waals surface area contributed by atoms with Crippen LogP contribution in [0, 0.1) is 0 Å². The van der Waals surface area contributed by atoms with E-state index >= 15 is 0 Å². The van der Waals surface area contributed by atoms with E-state index in [9.17, 15) is 9.59 Å². The Hall–Kier alpha value is -6.36. The van der Waals surface area contributed by atoms with Crippen molar-refractivity contribution < 1.29 is 38.0 Å². The van der Waals surface area contributed by atoms with Crippen molar-refractivity contribution in [3.8, 4) is 34.5 Å². The number of ether oxygens (including phenoxy) is 6. The van der Waals surface area contributed by atoms with Crippen molar-refractivity contribution in [3.63, 3.8) is 0 Å². The highest BCUT2D eigenvalue weighted by Gasteiger charge is 2.22. The van der Waals surface area contributed by atoms with E-state index in [4.69, 9.17) is 28.4 Å². The predicted molar refractivity (Wildman–Crippen MR) is 189 cm³/mol. The van der Waals surface area contributed by atoms with E-state index in [0.29, 0.717) is 50.8 Å². The first kappa shape index (κ1) is 31.3. The second kappa shape index (κ2) is 12.3. The molecule has 0 amide bonds. The van der Waals surface area contributed by atoms with Crippen LogP contribution in [0.5, 0.6) is 34.5 Å². The third-order valence-corrected chi connectivity index (χ3v) is 8.52. The Morgan fingerprint density at radius 1 is 0.449 bits per heavy atom. The number of carbonyl (C=O) groups is 2. The van der Waals surface area contributed by atoms with Crippen molar-refractivity contribution in [3.05, 3.63) is 91.0 Å². The second-order valence-electron chi connectivity index (χ2n) is 11.5. The Kier molecular flexibility index (Phi) is 7.87. The van der Waals surface area contributed by atoms with Gasteiger partial charge >= 0.3 is 12.2 Å². The molecule has 2 aromatic heterocycles. The standard InChI is InChI=1S/C38H33N3O8/c1-39(2)22-15-27(48-37(42)40-33-11-7-23(44-3)18-29(33)30-19-24(45-4)8-12-34(30)40)17-28(16-22)49-38(43)41-35-13-9-25(46-5)20-31(35)32-21-26(47-6)10-14-36(32)41/h7-21H,1-6H3. The van der Waals surface area contributed by atoms with Gasteiger partial charge in [-0.2, -0.15) is 0 Å². The van der Waals surface area contributed by atoms with Crippen molar-refractivity contribution in [2.75, 3.05) is 47.4 Å². The summed E-state index contributed by atoms with van der Waals surface area (Å²) < 4.78 is 36.8. The average Bonchev–Trinajstić information content (AvgIpc) is 3.62. The maximum atomic E-state index is 13.9. The van der Waals surface area contributed by atoms with Gasteiger partial charge in [0.15, 0.2) is 0 Å². The third kappa shape index (κ3) is 5.44. The highest BCUT2D eigenvalue weighted by atomic mass is 16.6. The van der Waals surface area contributed by atoms with Crippen LogP contribution in [-0.2, 0) is 0 Å². The number of aromatic nitrogens is 2. The summed E-state index contributed by atoms with van der Waals surface area (Å²) in [5.41, 5.74) is 3.17. The maximum Gasteiger partial charge on any atom is 0.424 e. The van der Waals surface area contributed by atoms with Gasteiger partial charge in [-0.3, -0.25) is 0 Å². The Bertz CT molecular complexity index is 2140. The first-order valence-electron chi connectivity index (χ1n) is 15.3. The minimum absolute atomic E-state index is 0.188. The van der Waals surface area contributed by atoms with Gasteiger partial charge in [0.25, 0.3) is 0 Å². The van der Waals surface area contributed by atoms with Crippen molar-refractivity contribution in [1.29, 1.82) is 0 Å². The minimum Gasteiger partial charge on any atom is -0.497 e. The van der Waals surface area contributed by atoms with E-state index in [1.807, 2.05) is 67.5 Å². The van der Waals surface area contributed by atoms with Gasteiger partial charge in [-0.25, -0.2) is 18.7 Å². The molecule has 0 unspecified atom stereocenters. The van der Waals surface area contributed by atoms with Crippen LogP contribution in [0.3, 0.4) is 0 Å². The first-order valence-corrected chi connectivity index (χ1v) is 15.3. The molecule has 0 aliphatic rings. The lowest BCUT2D eigenvalue weighted by Crippen LogP contribution is -2.18. The Balaban J connectivity index is 1.27. The molecule has 0 aliphatic heterocycles. The van der Waals surface area contributed by atoms with Crippen LogP contribution >= 0.6 is 0 Å². The highest BCUT2D eigenvalue weighted by molar-refractivity contribution is 6.14. The summed E-state index contributed by atoms with van der Waals surface area (Å²) in [6.07, 6.45) is -1.29. The van der Waals surface area contributed by atoms with Gasteiger partial charge in [-0.15, -0.1) is 0 Å². The first-order chi connectivity index (χ1) is 23.7. The molecule has 49 heavy (non-hydrogen) atoms. The summed E-state index contributed by atoms with van der Waals surface area (Å²) in [5, 5.41) is 3.18. The van der Waals surface area contributed by atoms with Crippen LogP contribution in [0.1, 0.15) is 0 Å². The molecular formula is C38H33N3O8. The Morgan fingerprint density at radius 3 is 1.02 bits per heavy atom.